The molecule has 0 bridgehead atoms. The fraction of sp³-hybridized carbons (Fsp3) is 0.125. The fourth-order valence-corrected chi connectivity index (χ4v) is 5.26. The lowest BCUT2D eigenvalue weighted by molar-refractivity contribution is 0.187. The molecule has 0 aliphatic heterocycles. The second-order valence-corrected chi connectivity index (χ2v) is 8.71. The van der Waals surface area contributed by atoms with Gasteiger partial charge < -0.3 is 4.74 Å². The van der Waals surface area contributed by atoms with Gasteiger partial charge in [0.1, 0.15) is 4.70 Å². The molecule has 3 heterocycles. The van der Waals surface area contributed by atoms with E-state index in [1.54, 1.807) is 30.1 Å². The highest BCUT2D eigenvalue weighted by Crippen LogP contribution is 2.35. The van der Waals surface area contributed by atoms with Crippen LogP contribution in [0, 0.1) is 0 Å². The van der Waals surface area contributed by atoms with Gasteiger partial charge in [-0.15, -0.1) is 11.3 Å². The predicted octanol–water partition coefficient (Wildman–Crippen LogP) is 4.73. The Kier molecular flexibility index (Phi) is 5.38. The number of ether oxygens (including phenoxy) is 1. The van der Waals surface area contributed by atoms with Crippen molar-refractivity contribution in [3.05, 3.63) is 92.9 Å². The fourth-order valence-electron chi connectivity index (χ4n) is 3.83. The van der Waals surface area contributed by atoms with Gasteiger partial charge in [-0.25, -0.2) is 9.36 Å². The van der Waals surface area contributed by atoms with Gasteiger partial charge in [0.15, 0.2) is 0 Å². The van der Waals surface area contributed by atoms with Crippen LogP contribution in [-0.4, -0.2) is 27.8 Å². The number of fused-ring (bicyclic) bond motifs is 2. The van der Waals surface area contributed by atoms with Crippen LogP contribution in [0.2, 0.25) is 5.02 Å². The third-order valence-electron chi connectivity index (χ3n) is 5.37. The van der Waals surface area contributed by atoms with Crippen LogP contribution in [0.5, 0.6) is 0 Å². The summed E-state index contributed by atoms with van der Waals surface area (Å²) in [5, 5.41) is 2.22. The number of benzene rings is 2. The molecule has 0 saturated heterocycles. The monoisotopic (exact) mass is 463 g/mol. The van der Waals surface area contributed by atoms with Crippen LogP contribution in [0.15, 0.2) is 76.6 Å². The Morgan fingerprint density at radius 3 is 2.66 bits per heavy atom. The summed E-state index contributed by atoms with van der Waals surface area (Å²) in [6, 6.07) is 16.9. The van der Waals surface area contributed by atoms with Crippen LogP contribution < -0.4 is 11.2 Å². The van der Waals surface area contributed by atoms with Gasteiger partial charge in [-0.1, -0.05) is 54.1 Å². The van der Waals surface area contributed by atoms with Gasteiger partial charge in [-0.05, 0) is 12.1 Å². The topological polar surface area (TPSA) is 66.1 Å². The third-order valence-corrected chi connectivity index (χ3v) is 6.84. The molecule has 2 aromatic carbocycles. The van der Waals surface area contributed by atoms with Crippen molar-refractivity contribution in [3.63, 3.8) is 0 Å². The second-order valence-electron chi connectivity index (χ2n) is 7.25. The molecule has 6 nitrogen and oxygen atoms in total. The standard InChI is InChI=1S/C24H18ClN3O3S/c1-31-11-10-27-19-12-21(17-8-4-5-9-18(17)25)32-22(19)23(29)28(24(27)30)20-14-26-13-15-6-2-3-7-16(15)20/h2-9,12-14H,10-11H2,1H3. The largest absolute Gasteiger partial charge is 0.383 e. The molecule has 32 heavy (non-hydrogen) atoms. The summed E-state index contributed by atoms with van der Waals surface area (Å²) in [7, 11) is 1.58. The van der Waals surface area contributed by atoms with Crippen LogP contribution in [0.4, 0.5) is 0 Å². The molecule has 0 amide bonds. The first-order valence-corrected chi connectivity index (χ1v) is 11.2. The van der Waals surface area contributed by atoms with Crippen molar-refractivity contribution in [1.29, 1.82) is 0 Å². The summed E-state index contributed by atoms with van der Waals surface area (Å²) in [5.41, 5.74) is 1.04. The smallest absolute Gasteiger partial charge is 0.336 e. The molecular weight excluding hydrogens is 446 g/mol. The quantitative estimate of drug-likeness (QED) is 0.378. The highest BCUT2D eigenvalue weighted by atomic mass is 35.5. The average Bonchev–Trinajstić information content (AvgIpc) is 3.25. The van der Waals surface area contributed by atoms with E-state index in [4.69, 9.17) is 16.3 Å². The van der Waals surface area contributed by atoms with E-state index in [1.165, 1.54) is 15.9 Å². The summed E-state index contributed by atoms with van der Waals surface area (Å²) in [5.74, 6) is 0. The lowest BCUT2D eigenvalue weighted by atomic mass is 10.1. The number of aromatic nitrogens is 3. The number of hydrogen-bond acceptors (Lipinski definition) is 5. The molecule has 0 aliphatic carbocycles. The van der Waals surface area contributed by atoms with E-state index < -0.39 is 5.69 Å². The summed E-state index contributed by atoms with van der Waals surface area (Å²) < 4.78 is 8.50. The molecule has 0 spiro atoms. The van der Waals surface area contributed by atoms with Gasteiger partial charge >= 0.3 is 5.69 Å². The number of halogens is 1. The van der Waals surface area contributed by atoms with E-state index in [-0.39, 0.29) is 5.56 Å². The minimum Gasteiger partial charge on any atom is -0.383 e. The number of methoxy groups -OCH3 is 1. The van der Waals surface area contributed by atoms with E-state index in [0.29, 0.717) is 34.1 Å². The number of nitrogens with zero attached hydrogens (tertiary/aromatic N) is 3. The molecule has 0 atom stereocenters. The molecular formula is C24H18ClN3O3S. The Morgan fingerprint density at radius 2 is 1.84 bits per heavy atom. The molecule has 0 saturated carbocycles. The maximum absolute atomic E-state index is 13.6. The zero-order valence-corrected chi connectivity index (χ0v) is 18.7. The van der Waals surface area contributed by atoms with Crippen molar-refractivity contribution >= 4 is 43.9 Å². The normalized spacial score (nSPS) is 11.4. The first-order valence-electron chi connectivity index (χ1n) is 9.96. The molecule has 3 aromatic heterocycles. The number of hydrogen-bond donors (Lipinski definition) is 0. The van der Waals surface area contributed by atoms with Crippen LogP contribution >= 0.6 is 22.9 Å². The highest BCUT2D eigenvalue weighted by molar-refractivity contribution is 7.22. The highest BCUT2D eigenvalue weighted by Gasteiger charge is 2.20. The van der Waals surface area contributed by atoms with E-state index in [2.05, 4.69) is 4.98 Å². The van der Waals surface area contributed by atoms with Gasteiger partial charge in [0.2, 0.25) is 0 Å². The molecule has 160 valence electrons. The van der Waals surface area contributed by atoms with Gasteiger partial charge in [0.05, 0.1) is 30.6 Å². The van der Waals surface area contributed by atoms with Crippen molar-refractivity contribution in [2.75, 3.05) is 13.7 Å². The summed E-state index contributed by atoms with van der Waals surface area (Å²) in [6.45, 7) is 0.640. The molecule has 0 N–H and O–H groups in total. The van der Waals surface area contributed by atoms with Crippen LogP contribution in [0.1, 0.15) is 0 Å². The van der Waals surface area contributed by atoms with Crippen LogP contribution in [-0.2, 0) is 11.3 Å². The summed E-state index contributed by atoms with van der Waals surface area (Å²) >= 11 is 7.72. The van der Waals surface area contributed by atoms with Crippen molar-refractivity contribution < 1.29 is 4.74 Å². The Labute approximate surface area is 191 Å². The number of thiophene rings is 1. The molecule has 0 aliphatic rings. The first-order chi connectivity index (χ1) is 15.6. The van der Waals surface area contributed by atoms with Crippen molar-refractivity contribution in [2.45, 2.75) is 6.54 Å². The second kappa shape index (κ2) is 8.35. The maximum atomic E-state index is 13.6. The molecule has 0 radical (unpaired) electrons. The van der Waals surface area contributed by atoms with E-state index in [9.17, 15) is 9.59 Å². The van der Waals surface area contributed by atoms with Crippen LogP contribution in [0.25, 0.3) is 37.1 Å². The zero-order valence-electron chi connectivity index (χ0n) is 17.1. The van der Waals surface area contributed by atoms with Gasteiger partial charge in [-0.3, -0.25) is 14.3 Å². The van der Waals surface area contributed by atoms with Crippen molar-refractivity contribution in [3.8, 4) is 16.1 Å². The van der Waals surface area contributed by atoms with Gasteiger partial charge in [0, 0.05) is 39.5 Å². The minimum absolute atomic E-state index is 0.309. The molecule has 5 aromatic rings. The first kappa shape index (κ1) is 20.6. The average molecular weight is 464 g/mol. The Bertz CT molecular complexity index is 1580. The molecule has 5 rings (SSSR count). The Balaban J connectivity index is 1.86. The van der Waals surface area contributed by atoms with E-state index in [1.807, 2.05) is 48.5 Å². The number of pyridine rings is 1. The van der Waals surface area contributed by atoms with Crippen molar-refractivity contribution in [2.24, 2.45) is 0 Å². The third kappa shape index (κ3) is 3.35. The Morgan fingerprint density at radius 1 is 1.06 bits per heavy atom. The van der Waals surface area contributed by atoms with Gasteiger partial charge in [0.25, 0.3) is 5.56 Å². The number of rotatable bonds is 5. The predicted molar refractivity (Wildman–Crippen MR) is 129 cm³/mol. The molecule has 0 unspecified atom stereocenters. The van der Waals surface area contributed by atoms with Crippen LogP contribution in [0.3, 0.4) is 0 Å². The van der Waals surface area contributed by atoms with Crippen molar-refractivity contribution in [1.82, 2.24) is 14.1 Å². The lowest BCUT2D eigenvalue weighted by Gasteiger charge is -2.13. The maximum Gasteiger partial charge on any atom is 0.336 e. The SMILES string of the molecule is COCCn1c(=O)n(-c2cncc3ccccc23)c(=O)c2sc(-c3ccccc3Cl)cc21. The molecule has 0 fully saturated rings. The lowest BCUT2D eigenvalue weighted by Crippen LogP contribution is -2.39. The van der Waals surface area contributed by atoms with Gasteiger partial charge in [-0.2, -0.15) is 0 Å². The summed E-state index contributed by atoms with van der Waals surface area (Å²) in [6.07, 6.45) is 3.27. The molecule has 8 heteroatoms. The van der Waals surface area contributed by atoms with E-state index >= 15 is 0 Å². The van der Waals surface area contributed by atoms with E-state index in [0.717, 1.165) is 21.2 Å². The Hall–Kier alpha value is -3.26. The summed E-state index contributed by atoms with van der Waals surface area (Å²) in [4.78, 5) is 32.3. The minimum atomic E-state index is -0.429. The zero-order chi connectivity index (χ0) is 22.2.